The van der Waals surface area contributed by atoms with E-state index in [9.17, 15) is 10.1 Å². The van der Waals surface area contributed by atoms with Gasteiger partial charge in [-0.05, 0) is 37.1 Å². The predicted molar refractivity (Wildman–Crippen MR) is 138 cm³/mol. The minimum absolute atomic E-state index is 0.125. The summed E-state index contributed by atoms with van der Waals surface area (Å²) >= 11 is 1.42. The quantitative estimate of drug-likeness (QED) is 0.319. The van der Waals surface area contributed by atoms with E-state index in [4.69, 9.17) is 4.98 Å². The van der Waals surface area contributed by atoms with Crippen molar-refractivity contribution in [2.45, 2.75) is 25.3 Å². The Balaban J connectivity index is 1.59. The van der Waals surface area contributed by atoms with Crippen molar-refractivity contribution >= 4 is 23.5 Å². The lowest BCUT2D eigenvalue weighted by atomic mass is 9.98. The largest absolute Gasteiger partial charge is 0.311 e. The Hall–Kier alpha value is -3.95. The highest BCUT2D eigenvalue weighted by Gasteiger charge is 2.16. The molecular weight excluding hydrogens is 440 g/mol. The van der Waals surface area contributed by atoms with E-state index in [1.54, 1.807) is 12.3 Å². The highest BCUT2D eigenvalue weighted by molar-refractivity contribution is 7.99. The second-order valence-electron chi connectivity index (χ2n) is 7.95. The number of carbonyl (C=O) groups excluding carboxylic acids is 1. The third kappa shape index (κ3) is 5.69. The normalized spacial score (nSPS) is 10.5. The lowest BCUT2D eigenvalue weighted by molar-refractivity contribution is -0.115. The third-order valence-corrected chi connectivity index (χ3v) is 6.25. The highest BCUT2D eigenvalue weighted by atomic mass is 32.2. The molecule has 0 radical (unpaired) electrons. The predicted octanol–water partition coefficient (Wildman–Crippen LogP) is 6.42. The summed E-state index contributed by atoms with van der Waals surface area (Å²) in [7, 11) is 0. The molecule has 5 nitrogen and oxygen atoms in total. The number of nitrogens with one attached hydrogen (secondary N) is 1. The van der Waals surface area contributed by atoms with Crippen molar-refractivity contribution in [2.24, 2.45) is 0 Å². The summed E-state index contributed by atoms with van der Waals surface area (Å²) in [5.41, 5.74) is 6.29. The zero-order chi connectivity index (χ0) is 23.9. The fraction of sp³-hybridized carbons (Fsp3) is 0.143. The van der Waals surface area contributed by atoms with Crippen molar-refractivity contribution in [2.75, 3.05) is 11.1 Å². The second kappa shape index (κ2) is 10.8. The van der Waals surface area contributed by atoms with Gasteiger partial charge in [0.15, 0.2) is 0 Å². The van der Waals surface area contributed by atoms with Gasteiger partial charge in [0.1, 0.15) is 16.9 Å². The number of carbonyl (C=O) groups is 1. The first kappa shape index (κ1) is 23.2. The fourth-order valence-corrected chi connectivity index (χ4v) is 4.38. The maximum Gasteiger partial charge on any atom is 0.226 e. The van der Waals surface area contributed by atoms with Crippen LogP contribution in [0.2, 0.25) is 0 Å². The first-order valence-corrected chi connectivity index (χ1v) is 11.9. The number of benzene rings is 2. The van der Waals surface area contributed by atoms with E-state index in [1.807, 2.05) is 80.6 Å². The number of aromatic nitrogens is 2. The Bertz CT molecular complexity index is 1330. The van der Waals surface area contributed by atoms with Crippen LogP contribution < -0.4 is 5.32 Å². The summed E-state index contributed by atoms with van der Waals surface area (Å²) < 4.78 is 0. The molecule has 6 heteroatoms. The molecule has 0 aliphatic heterocycles. The Labute approximate surface area is 203 Å². The van der Waals surface area contributed by atoms with Crippen molar-refractivity contribution in [3.63, 3.8) is 0 Å². The van der Waals surface area contributed by atoms with E-state index >= 15 is 0 Å². The number of pyridine rings is 2. The van der Waals surface area contributed by atoms with Crippen molar-refractivity contribution in [3.05, 3.63) is 95.7 Å². The topological polar surface area (TPSA) is 78.7 Å². The molecule has 0 bridgehead atoms. The first-order valence-electron chi connectivity index (χ1n) is 11.0. The van der Waals surface area contributed by atoms with Crippen LogP contribution in [0, 0.1) is 25.2 Å². The number of anilines is 1. The van der Waals surface area contributed by atoms with E-state index in [2.05, 4.69) is 16.4 Å². The smallest absolute Gasteiger partial charge is 0.226 e. The average Bonchev–Trinajstić information content (AvgIpc) is 2.86. The maximum absolute atomic E-state index is 12.4. The molecule has 34 heavy (non-hydrogen) atoms. The Morgan fingerprint density at radius 1 is 0.971 bits per heavy atom. The number of rotatable bonds is 7. The summed E-state index contributed by atoms with van der Waals surface area (Å²) in [6, 6.07) is 26.0. The number of hydrogen-bond donors (Lipinski definition) is 1. The van der Waals surface area contributed by atoms with Crippen LogP contribution in [0.4, 0.5) is 5.82 Å². The van der Waals surface area contributed by atoms with Gasteiger partial charge in [-0.25, -0.2) is 9.97 Å². The lowest BCUT2D eigenvalue weighted by Crippen LogP contribution is -2.13. The molecule has 2 aromatic carbocycles. The summed E-state index contributed by atoms with van der Waals surface area (Å²) in [4.78, 5) is 21.4. The van der Waals surface area contributed by atoms with Crippen LogP contribution in [0.25, 0.3) is 22.4 Å². The van der Waals surface area contributed by atoms with E-state index in [-0.39, 0.29) is 12.3 Å². The van der Waals surface area contributed by atoms with Gasteiger partial charge in [-0.2, -0.15) is 5.26 Å². The molecule has 0 saturated carbocycles. The monoisotopic (exact) mass is 464 g/mol. The summed E-state index contributed by atoms with van der Waals surface area (Å²) in [5, 5.41) is 13.5. The van der Waals surface area contributed by atoms with Crippen LogP contribution in [-0.4, -0.2) is 21.6 Å². The Kier molecular flexibility index (Phi) is 7.36. The fourth-order valence-electron chi connectivity index (χ4n) is 3.44. The zero-order valence-corrected chi connectivity index (χ0v) is 19.9. The standard InChI is InChI=1S/C28H24N4OS/c1-19-8-11-21(12-9-19)23-16-25(22-6-4-3-5-7-22)31-28(24(23)17-29)34-15-14-27(33)32-26-13-10-20(2)18-30-26/h3-13,16,18H,14-15H2,1-2H3,(H,30,32,33). The van der Waals surface area contributed by atoms with Gasteiger partial charge < -0.3 is 5.32 Å². The molecule has 0 spiro atoms. The molecule has 4 aromatic rings. The van der Waals surface area contributed by atoms with Crippen LogP contribution in [-0.2, 0) is 4.79 Å². The van der Waals surface area contributed by atoms with Crippen molar-refractivity contribution in [3.8, 4) is 28.5 Å². The van der Waals surface area contributed by atoms with Gasteiger partial charge in [-0.1, -0.05) is 66.2 Å². The van der Waals surface area contributed by atoms with Gasteiger partial charge in [0, 0.05) is 29.5 Å². The van der Waals surface area contributed by atoms with Gasteiger partial charge in [0.05, 0.1) is 11.3 Å². The third-order valence-electron chi connectivity index (χ3n) is 5.28. The highest BCUT2D eigenvalue weighted by Crippen LogP contribution is 2.34. The summed E-state index contributed by atoms with van der Waals surface area (Å²) in [6.45, 7) is 3.98. The van der Waals surface area contributed by atoms with Crippen LogP contribution in [0.15, 0.2) is 84.0 Å². The summed E-state index contributed by atoms with van der Waals surface area (Å²) in [5.74, 6) is 0.898. The molecule has 0 unspecified atom stereocenters. The molecule has 4 rings (SSSR count). The van der Waals surface area contributed by atoms with E-state index in [0.717, 1.165) is 33.5 Å². The molecule has 0 aliphatic rings. The van der Waals surface area contributed by atoms with Crippen LogP contribution in [0.1, 0.15) is 23.1 Å². The first-order chi connectivity index (χ1) is 16.5. The van der Waals surface area contributed by atoms with Gasteiger partial charge in [-0.15, -0.1) is 11.8 Å². The molecule has 2 aromatic heterocycles. The van der Waals surface area contributed by atoms with Gasteiger partial charge in [0.2, 0.25) is 5.91 Å². The van der Waals surface area contributed by atoms with E-state index in [1.165, 1.54) is 11.8 Å². The molecule has 0 fully saturated rings. The van der Waals surface area contributed by atoms with Crippen LogP contribution in [0.5, 0.6) is 0 Å². The molecule has 1 N–H and O–H groups in total. The molecule has 1 amide bonds. The maximum atomic E-state index is 12.4. The number of nitriles is 1. The molecular formula is C28H24N4OS. The molecule has 2 heterocycles. The van der Waals surface area contributed by atoms with Gasteiger partial charge in [-0.3, -0.25) is 4.79 Å². The van der Waals surface area contributed by atoms with Crippen molar-refractivity contribution in [1.29, 1.82) is 5.26 Å². The number of hydrogen-bond acceptors (Lipinski definition) is 5. The lowest BCUT2D eigenvalue weighted by Gasteiger charge is -2.13. The molecule has 0 atom stereocenters. The number of thioether (sulfide) groups is 1. The summed E-state index contributed by atoms with van der Waals surface area (Å²) in [6.07, 6.45) is 2.00. The van der Waals surface area contributed by atoms with Crippen LogP contribution in [0.3, 0.4) is 0 Å². The Morgan fingerprint density at radius 3 is 2.38 bits per heavy atom. The van der Waals surface area contributed by atoms with E-state index in [0.29, 0.717) is 22.2 Å². The van der Waals surface area contributed by atoms with E-state index < -0.39 is 0 Å². The zero-order valence-electron chi connectivity index (χ0n) is 19.1. The number of aryl methyl sites for hydroxylation is 2. The second-order valence-corrected chi connectivity index (χ2v) is 9.03. The molecule has 0 saturated heterocycles. The Morgan fingerprint density at radius 2 is 1.71 bits per heavy atom. The van der Waals surface area contributed by atoms with Gasteiger partial charge >= 0.3 is 0 Å². The van der Waals surface area contributed by atoms with Crippen LogP contribution >= 0.6 is 11.8 Å². The minimum Gasteiger partial charge on any atom is -0.311 e. The number of nitrogens with zero attached hydrogens (tertiary/aromatic N) is 3. The number of amides is 1. The minimum atomic E-state index is -0.125. The molecule has 168 valence electrons. The average molecular weight is 465 g/mol. The molecule has 0 aliphatic carbocycles. The van der Waals surface area contributed by atoms with Crippen molar-refractivity contribution < 1.29 is 4.79 Å². The van der Waals surface area contributed by atoms with Gasteiger partial charge in [0.25, 0.3) is 0 Å². The van der Waals surface area contributed by atoms with Crippen molar-refractivity contribution in [1.82, 2.24) is 9.97 Å². The SMILES string of the molecule is Cc1ccc(-c2cc(-c3ccccc3)nc(SCCC(=O)Nc3ccc(C)cn3)c2C#N)cc1.